The summed E-state index contributed by atoms with van der Waals surface area (Å²) in [5.74, 6) is -0.149. The third-order valence-corrected chi connectivity index (χ3v) is 7.05. The highest BCUT2D eigenvalue weighted by Crippen LogP contribution is 2.37. The van der Waals surface area contributed by atoms with Crippen molar-refractivity contribution in [1.82, 2.24) is 10.2 Å². The molecule has 8 heteroatoms. The molecule has 1 aromatic carbocycles. The number of sulfonamides is 1. The third-order valence-electron chi connectivity index (χ3n) is 5.31. The Morgan fingerprint density at radius 1 is 1.24 bits per heavy atom. The Kier molecular flexibility index (Phi) is 6.97. The molecule has 1 aliphatic rings. The molecule has 29 heavy (non-hydrogen) atoms. The fourth-order valence-electron chi connectivity index (χ4n) is 4.00. The Morgan fingerprint density at radius 2 is 1.97 bits per heavy atom. The fraction of sp³-hybridized carbons (Fsp3) is 0.476. The maximum Gasteiger partial charge on any atom is 0.251 e. The van der Waals surface area contributed by atoms with Crippen LogP contribution in [-0.2, 0) is 16.4 Å². The lowest BCUT2D eigenvalue weighted by molar-refractivity contribution is 0.0918. The number of hydrogen-bond acceptors (Lipinski definition) is 5. The maximum atomic E-state index is 12.5. The average Bonchev–Trinajstić information content (AvgIpc) is 3.12. The second kappa shape index (κ2) is 9.28. The number of carbonyl (C=O) groups excluding carboxylic acids is 1. The van der Waals surface area contributed by atoms with Gasteiger partial charge in [-0.25, -0.2) is 8.42 Å². The van der Waals surface area contributed by atoms with Gasteiger partial charge in [0.05, 0.1) is 6.26 Å². The highest BCUT2D eigenvalue weighted by atomic mass is 32.2. The van der Waals surface area contributed by atoms with Gasteiger partial charge in [0.25, 0.3) is 5.91 Å². The predicted octanol–water partition coefficient (Wildman–Crippen LogP) is 3.64. The average molecular weight is 436 g/mol. The van der Waals surface area contributed by atoms with Crippen molar-refractivity contribution in [2.24, 2.45) is 0 Å². The van der Waals surface area contributed by atoms with E-state index in [1.165, 1.54) is 10.4 Å². The van der Waals surface area contributed by atoms with Crippen molar-refractivity contribution in [2.75, 3.05) is 24.1 Å². The lowest BCUT2D eigenvalue weighted by Gasteiger charge is -2.40. The Bertz CT molecular complexity index is 938. The number of hydrogen-bond donors (Lipinski definition) is 2. The van der Waals surface area contributed by atoms with Crippen LogP contribution in [0.4, 0.5) is 5.69 Å². The van der Waals surface area contributed by atoms with Crippen LogP contribution in [0.2, 0.25) is 0 Å². The highest BCUT2D eigenvalue weighted by Gasteiger charge is 2.31. The quantitative estimate of drug-likeness (QED) is 0.664. The molecular weight excluding hydrogens is 406 g/mol. The molecule has 6 nitrogen and oxygen atoms in total. The van der Waals surface area contributed by atoms with E-state index in [2.05, 4.69) is 40.2 Å². The van der Waals surface area contributed by atoms with Gasteiger partial charge in [0.15, 0.2) is 0 Å². The van der Waals surface area contributed by atoms with Crippen molar-refractivity contribution in [3.05, 3.63) is 51.7 Å². The minimum Gasteiger partial charge on any atom is -0.351 e. The van der Waals surface area contributed by atoms with Crippen molar-refractivity contribution < 1.29 is 13.2 Å². The van der Waals surface area contributed by atoms with Gasteiger partial charge in [-0.05, 0) is 61.0 Å². The molecule has 2 aromatic rings. The second-order valence-corrected chi connectivity index (χ2v) is 10.3. The summed E-state index contributed by atoms with van der Waals surface area (Å²) in [5.41, 5.74) is 2.44. The van der Waals surface area contributed by atoms with E-state index in [4.69, 9.17) is 0 Å². The molecule has 0 radical (unpaired) electrons. The van der Waals surface area contributed by atoms with Gasteiger partial charge in [0, 0.05) is 41.3 Å². The van der Waals surface area contributed by atoms with Gasteiger partial charge in [-0.15, -0.1) is 11.3 Å². The standard InChI is InChI=1S/C21H29N3O3S2/c1-4-5-19-14-17-10-13-28-20(17)15(2)24(19)12-11-22-21(25)16-6-8-18(9-7-16)23-29(3,26)27/h6-10,13,15,19,23H,4-5,11-12,14H2,1-3H3,(H,22,25)/t15-,19+/m0/s1. The zero-order chi connectivity index (χ0) is 21.0. The lowest BCUT2D eigenvalue weighted by atomic mass is 9.93. The molecule has 2 heterocycles. The number of nitrogens with one attached hydrogen (secondary N) is 2. The van der Waals surface area contributed by atoms with E-state index in [0.29, 0.717) is 29.9 Å². The molecule has 1 aromatic heterocycles. The molecule has 2 atom stereocenters. The van der Waals surface area contributed by atoms with Gasteiger partial charge in [-0.1, -0.05) is 13.3 Å². The molecule has 1 amide bonds. The Labute approximate surface area is 177 Å². The topological polar surface area (TPSA) is 78.5 Å². The molecule has 0 saturated heterocycles. The number of carbonyl (C=O) groups is 1. The summed E-state index contributed by atoms with van der Waals surface area (Å²) in [4.78, 5) is 16.4. The first-order valence-corrected chi connectivity index (χ1v) is 12.7. The molecule has 3 rings (SSSR count). The van der Waals surface area contributed by atoms with Gasteiger partial charge in [0.1, 0.15) is 0 Å². The van der Waals surface area contributed by atoms with Gasteiger partial charge in [-0.2, -0.15) is 0 Å². The van der Waals surface area contributed by atoms with E-state index in [1.54, 1.807) is 24.3 Å². The number of thiophene rings is 1. The van der Waals surface area contributed by atoms with Crippen LogP contribution in [0.15, 0.2) is 35.7 Å². The largest absolute Gasteiger partial charge is 0.351 e. The zero-order valence-electron chi connectivity index (χ0n) is 17.1. The predicted molar refractivity (Wildman–Crippen MR) is 119 cm³/mol. The number of benzene rings is 1. The zero-order valence-corrected chi connectivity index (χ0v) is 18.8. The van der Waals surface area contributed by atoms with Crippen LogP contribution in [0.1, 0.15) is 53.5 Å². The summed E-state index contributed by atoms with van der Waals surface area (Å²) in [7, 11) is -3.32. The summed E-state index contributed by atoms with van der Waals surface area (Å²) in [6.07, 6.45) is 4.48. The summed E-state index contributed by atoms with van der Waals surface area (Å²) in [6, 6.07) is 9.58. The van der Waals surface area contributed by atoms with Gasteiger partial charge in [-0.3, -0.25) is 14.4 Å². The van der Waals surface area contributed by atoms with Gasteiger partial charge >= 0.3 is 0 Å². The van der Waals surface area contributed by atoms with Crippen LogP contribution >= 0.6 is 11.3 Å². The van der Waals surface area contributed by atoms with E-state index in [-0.39, 0.29) is 5.91 Å². The fourth-order valence-corrected chi connectivity index (χ4v) is 5.58. The Morgan fingerprint density at radius 3 is 2.62 bits per heavy atom. The Hall–Kier alpha value is -1.90. The van der Waals surface area contributed by atoms with Crippen LogP contribution in [0.3, 0.4) is 0 Å². The minimum absolute atomic E-state index is 0.149. The SMILES string of the molecule is CCC[C@@H]1Cc2ccsc2[C@H](C)N1CCNC(=O)c1ccc(NS(C)(=O)=O)cc1. The van der Waals surface area contributed by atoms with Crippen molar-refractivity contribution >= 4 is 33.0 Å². The van der Waals surface area contributed by atoms with Crippen molar-refractivity contribution in [3.63, 3.8) is 0 Å². The van der Waals surface area contributed by atoms with Gasteiger partial charge in [0.2, 0.25) is 10.0 Å². The monoisotopic (exact) mass is 435 g/mol. The smallest absolute Gasteiger partial charge is 0.251 e. The summed E-state index contributed by atoms with van der Waals surface area (Å²) in [6.45, 7) is 5.86. The van der Waals surface area contributed by atoms with Crippen molar-refractivity contribution in [2.45, 2.75) is 45.2 Å². The molecule has 0 unspecified atom stereocenters. The van der Waals surface area contributed by atoms with Crippen LogP contribution in [-0.4, -0.2) is 44.6 Å². The maximum absolute atomic E-state index is 12.5. The Balaban J connectivity index is 1.57. The van der Waals surface area contributed by atoms with Crippen molar-refractivity contribution in [1.29, 1.82) is 0 Å². The summed E-state index contributed by atoms with van der Waals surface area (Å²) >= 11 is 1.82. The molecule has 0 fully saturated rings. The molecule has 2 N–H and O–H groups in total. The summed E-state index contributed by atoms with van der Waals surface area (Å²) in [5, 5.41) is 5.18. The molecule has 158 valence electrons. The molecule has 0 spiro atoms. The van der Waals surface area contributed by atoms with Crippen LogP contribution in [0.5, 0.6) is 0 Å². The lowest BCUT2D eigenvalue weighted by Crippen LogP contribution is -2.45. The number of fused-ring (bicyclic) bond motifs is 1. The van der Waals surface area contributed by atoms with Crippen molar-refractivity contribution in [3.8, 4) is 0 Å². The number of amides is 1. The molecule has 1 aliphatic heterocycles. The van der Waals surface area contributed by atoms with Crippen LogP contribution in [0.25, 0.3) is 0 Å². The van der Waals surface area contributed by atoms with E-state index >= 15 is 0 Å². The molecule has 0 bridgehead atoms. The first kappa shape index (κ1) is 21.8. The normalized spacial score (nSPS) is 19.6. The van der Waals surface area contributed by atoms with E-state index in [1.807, 2.05) is 11.3 Å². The third kappa shape index (κ3) is 5.58. The first-order chi connectivity index (χ1) is 13.8. The molecular formula is C21H29N3O3S2. The van der Waals surface area contributed by atoms with E-state index < -0.39 is 10.0 Å². The van der Waals surface area contributed by atoms with E-state index in [9.17, 15) is 13.2 Å². The minimum atomic E-state index is -3.32. The molecule has 0 aliphatic carbocycles. The number of nitrogens with zero attached hydrogens (tertiary/aromatic N) is 1. The second-order valence-electron chi connectivity index (χ2n) is 7.58. The summed E-state index contributed by atoms with van der Waals surface area (Å²) < 4.78 is 24.9. The van der Waals surface area contributed by atoms with Gasteiger partial charge < -0.3 is 5.32 Å². The first-order valence-electron chi connectivity index (χ1n) is 9.96. The van der Waals surface area contributed by atoms with Crippen LogP contribution < -0.4 is 10.0 Å². The van der Waals surface area contributed by atoms with E-state index in [0.717, 1.165) is 32.1 Å². The highest BCUT2D eigenvalue weighted by molar-refractivity contribution is 7.92. The van der Waals surface area contributed by atoms with Crippen LogP contribution in [0, 0.1) is 0 Å². The number of anilines is 1. The molecule has 0 saturated carbocycles. The number of rotatable bonds is 8.